The maximum atomic E-state index is 12.4. The Bertz CT molecular complexity index is 482. The molecule has 0 spiro atoms. The lowest BCUT2D eigenvalue weighted by atomic mass is 10.1. The van der Waals surface area contributed by atoms with E-state index in [-0.39, 0.29) is 6.54 Å². The Balaban J connectivity index is 1.87. The molecule has 0 saturated heterocycles. The van der Waals surface area contributed by atoms with Gasteiger partial charge in [0.25, 0.3) is 0 Å². The SMILES string of the molecule is O=C1CC(C(F)(F)F)=NN1CCCc1ccccc1. The van der Waals surface area contributed by atoms with E-state index in [0.717, 1.165) is 10.6 Å². The van der Waals surface area contributed by atoms with Gasteiger partial charge in [0.15, 0.2) is 5.71 Å². The van der Waals surface area contributed by atoms with Crippen LogP contribution in [0.5, 0.6) is 0 Å². The lowest BCUT2D eigenvalue weighted by Crippen LogP contribution is -2.22. The minimum absolute atomic E-state index is 0.216. The van der Waals surface area contributed by atoms with E-state index in [2.05, 4.69) is 5.10 Å². The van der Waals surface area contributed by atoms with Crippen LogP contribution >= 0.6 is 0 Å². The van der Waals surface area contributed by atoms with E-state index in [0.29, 0.717) is 12.8 Å². The van der Waals surface area contributed by atoms with Crippen LogP contribution in [0.25, 0.3) is 0 Å². The van der Waals surface area contributed by atoms with Gasteiger partial charge >= 0.3 is 6.18 Å². The molecule has 0 aliphatic carbocycles. The van der Waals surface area contributed by atoms with Gasteiger partial charge in [-0.05, 0) is 18.4 Å². The Kier molecular flexibility index (Phi) is 3.87. The van der Waals surface area contributed by atoms with Crippen LogP contribution in [0.2, 0.25) is 0 Å². The van der Waals surface area contributed by atoms with E-state index in [1.807, 2.05) is 30.3 Å². The second kappa shape index (κ2) is 5.42. The smallest absolute Gasteiger partial charge is 0.273 e. The molecular weight excluding hydrogens is 257 g/mol. The molecule has 0 atom stereocenters. The van der Waals surface area contributed by atoms with Gasteiger partial charge in [-0.15, -0.1) is 0 Å². The maximum Gasteiger partial charge on any atom is 0.431 e. The Morgan fingerprint density at radius 1 is 1.21 bits per heavy atom. The fourth-order valence-electron chi connectivity index (χ4n) is 1.88. The highest BCUT2D eigenvalue weighted by molar-refractivity contribution is 6.07. The van der Waals surface area contributed by atoms with E-state index >= 15 is 0 Å². The third-order valence-corrected chi connectivity index (χ3v) is 2.85. The van der Waals surface area contributed by atoms with Gasteiger partial charge in [0.05, 0.1) is 6.42 Å². The highest BCUT2D eigenvalue weighted by Crippen LogP contribution is 2.24. The van der Waals surface area contributed by atoms with Gasteiger partial charge in [0, 0.05) is 6.54 Å². The van der Waals surface area contributed by atoms with E-state index in [9.17, 15) is 18.0 Å². The lowest BCUT2D eigenvalue weighted by Gasteiger charge is -2.11. The number of hydrogen-bond acceptors (Lipinski definition) is 2. The normalized spacial score (nSPS) is 15.8. The molecule has 1 aliphatic heterocycles. The first-order valence-electron chi connectivity index (χ1n) is 5.96. The molecule has 0 aromatic heterocycles. The van der Waals surface area contributed by atoms with Crippen LogP contribution in [0.4, 0.5) is 13.2 Å². The third kappa shape index (κ3) is 3.56. The average molecular weight is 270 g/mol. The van der Waals surface area contributed by atoms with Crippen LogP contribution in [0.1, 0.15) is 18.4 Å². The minimum atomic E-state index is -4.51. The van der Waals surface area contributed by atoms with Crippen molar-refractivity contribution in [2.24, 2.45) is 5.10 Å². The van der Waals surface area contributed by atoms with E-state index in [4.69, 9.17) is 0 Å². The van der Waals surface area contributed by atoms with Crippen LogP contribution in [0.15, 0.2) is 35.4 Å². The van der Waals surface area contributed by atoms with Crippen molar-refractivity contribution in [2.45, 2.75) is 25.4 Å². The number of benzene rings is 1. The fourth-order valence-corrected chi connectivity index (χ4v) is 1.88. The van der Waals surface area contributed by atoms with Gasteiger partial charge < -0.3 is 0 Å². The van der Waals surface area contributed by atoms with Crippen LogP contribution in [-0.4, -0.2) is 29.3 Å². The van der Waals surface area contributed by atoms with Crippen molar-refractivity contribution in [3.05, 3.63) is 35.9 Å². The zero-order valence-corrected chi connectivity index (χ0v) is 10.2. The highest BCUT2D eigenvalue weighted by Gasteiger charge is 2.42. The number of hydrazone groups is 1. The maximum absolute atomic E-state index is 12.4. The average Bonchev–Trinajstić information content (AvgIpc) is 2.72. The summed E-state index contributed by atoms with van der Waals surface area (Å²) in [7, 11) is 0. The van der Waals surface area contributed by atoms with Gasteiger partial charge in [-0.1, -0.05) is 30.3 Å². The summed E-state index contributed by atoms with van der Waals surface area (Å²) in [6.07, 6.45) is -3.86. The number of aryl methyl sites for hydroxylation is 1. The van der Waals surface area contributed by atoms with Crippen molar-refractivity contribution in [3.8, 4) is 0 Å². The summed E-state index contributed by atoms with van der Waals surface area (Å²) >= 11 is 0. The molecule has 6 heteroatoms. The Labute approximate surface area is 108 Å². The van der Waals surface area contributed by atoms with Crippen LogP contribution in [0.3, 0.4) is 0 Å². The summed E-state index contributed by atoms with van der Waals surface area (Å²) in [6.45, 7) is 0.216. The van der Waals surface area contributed by atoms with Crippen molar-refractivity contribution in [2.75, 3.05) is 6.54 Å². The standard InChI is InChI=1S/C13H13F3N2O/c14-13(15,16)11-9-12(19)18(17-11)8-4-7-10-5-2-1-3-6-10/h1-3,5-6H,4,7-9H2. The van der Waals surface area contributed by atoms with Gasteiger partial charge in [0.1, 0.15) is 0 Å². The summed E-state index contributed by atoms with van der Waals surface area (Å²) in [5.41, 5.74) is 0.0892. The predicted octanol–water partition coefficient (Wildman–Crippen LogP) is 2.77. The van der Waals surface area contributed by atoms with Crippen LogP contribution < -0.4 is 0 Å². The molecule has 0 radical (unpaired) electrons. The zero-order valence-electron chi connectivity index (χ0n) is 10.2. The number of alkyl halides is 3. The molecule has 1 heterocycles. The van der Waals surface area contributed by atoms with Gasteiger partial charge in [0.2, 0.25) is 5.91 Å². The summed E-state index contributed by atoms with van der Waals surface area (Å²) in [6, 6.07) is 9.58. The Morgan fingerprint density at radius 2 is 1.89 bits per heavy atom. The fraction of sp³-hybridized carbons (Fsp3) is 0.385. The molecule has 3 nitrogen and oxygen atoms in total. The molecule has 2 rings (SSSR count). The topological polar surface area (TPSA) is 32.7 Å². The molecule has 19 heavy (non-hydrogen) atoms. The van der Waals surface area contributed by atoms with Gasteiger partial charge in [-0.25, -0.2) is 5.01 Å². The van der Waals surface area contributed by atoms with E-state index in [1.54, 1.807) is 0 Å². The number of carbonyl (C=O) groups excluding carboxylic acids is 1. The van der Waals surface area contributed by atoms with Gasteiger partial charge in [-0.2, -0.15) is 18.3 Å². The number of rotatable bonds is 4. The third-order valence-electron chi connectivity index (χ3n) is 2.85. The molecule has 0 unspecified atom stereocenters. The number of carbonyl (C=O) groups is 1. The van der Waals surface area contributed by atoms with Crippen molar-refractivity contribution < 1.29 is 18.0 Å². The minimum Gasteiger partial charge on any atom is -0.273 e. The quantitative estimate of drug-likeness (QED) is 0.828. The molecule has 0 saturated carbocycles. The first kappa shape index (κ1) is 13.6. The number of amides is 1. The predicted molar refractivity (Wildman–Crippen MR) is 64.6 cm³/mol. The van der Waals surface area contributed by atoms with E-state index in [1.165, 1.54) is 0 Å². The molecule has 0 N–H and O–H groups in total. The molecule has 102 valence electrons. The summed E-state index contributed by atoms with van der Waals surface area (Å²) in [5.74, 6) is -0.583. The Morgan fingerprint density at radius 3 is 2.47 bits per heavy atom. The van der Waals surface area contributed by atoms with Crippen molar-refractivity contribution in [1.29, 1.82) is 0 Å². The molecular formula is C13H13F3N2O. The second-order valence-electron chi connectivity index (χ2n) is 4.33. The van der Waals surface area contributed by atoms with Crippen LogP contribution in [-0.2, 0) is 11.2 Å². The molecule has 1 amide bonds. The number of hydrogen-bond donors (Lipinski definition) is 0. The monoisotopic (exact) mass is 270 g/mol. The van der Waals surface area contributed by atoms with Crippen molar-refractivity contribution in [3.63, 3.8) is 0 Å². The first-order valence-corrected chi connectivity index (χ1v) is 5.96. The molecule has 0 bridgehead atoms. The van der Waals surface area contributed by atoms with Crippen molar-refractivity contribution in [1.82, 2.24) is 5.01 Å². The second-order valence-corrected chi connectivity index (χ2v) is 4.33. The molecule has 0 fully saturated rings. The number of nitrogens with zero attached hydrogens (tertiary/aromatic N) is 2. The summed E-state index contributed by atoms with van der Waals surface area (Å²) in [5, 5.41) is 4.27. The Hall–Kier alpha value is -1.85. The highest BCUT2D eigenvalue weighted by atomic mass is 19.4. The van der Waals surface area contributed by atoms with Crippen molar-refractivity contribution >= 4 is 11.6 Å². The zero-order chi connectivity index (χ0) is 13.9. The lowest BCUT2D eigenvalue weighted by molar-refractivity contribution is -0.128. The van der Waals surface area contributed by atoms with Gasteiger partial charge in [-0.3, -0.25) is 4.79 Å². The van der Waals surface area contributed by atoms with E-state index < -0.39 is 24.2 Å². The number of halogens is 3. The summed E-state index contributed by atoms with van der Waals surface area (Å²) in [4.78, 5) is 11.4. The molecule has 1 aromatic rings. The molecule has 1 aromatic carbocycles. The molecule has 1 aliphatic rings. The summed E-state index contributed by atoms with van der Waals surface area (Å²) < 4.78 is 37.2. The first-order chi connectivity index (χ1) is 8.97. The van der Waals surface area contributed by atoms with Crippen LogP contribution in [0, 0.1) is 0 Å². The largest absolute Gasteiger partial charge is 0.431 e.